The molecule has 0 bridgehead atoms. The van der Waals surface area contributed by atoms with Crippen LogP contribution in [0.5, 0.6) is 0 Å². The van der Waals surface area contributed by atoms with E-state index in [1.54, 1.807) is 112 Å². The van der Waals surface area contributed by atoms with Crippen LogP contribution in [-0.2, 0) is 59.2 Å². The van der Waals surface area contributed by atoms with E-state index in [1.165, 1.54) is 50.3 Å². The molecule has 0 aliphatic carbocycles. The average Bonchev–Trinajstić information content (AvgIpc) is 1.74. The van der Waals surface area contributed by atoms with E-state index < -0.39 is 17.9 Å². The smallest absolute Gasteiger partial charge is 0.0886 e. The van der Waals surface area contributed by atoms with Gasteiger partial charge in [0, 0.05) is 37.2 Å². The second kappa shape index (κ2) is 58.5. The van der Waals surface area contributed by atoms with Gasteiger partial charge in [-0.3, -0.25) is 29.9 Å². The molecule has 16 rings (SSSR count). The number of nitrogens with zero attached hydrogens (tertiary/aromatic N) is 15. The van der Waals surface area contributed by atoms with Gasteiger partial charge in [-0.15, -0.1) is 0 Å². The number of hydrogen-bond acceptors (Lipinski definition) is 9. The third-order valence-electron chi connectivity index (χ3n) is 15.3. The van der Waals surface area contributed by atoms with Crippen LogP contribution in [0.4, 0.5) is 17.1 Å². The minimum Gasteiger partial charge on any atom is -0.670 e. The Morgan fingerprint density at radius 2 is 0.521 bits per heavy atom. The minimum atomic E-state index is -0.466. The maximum atomic E-state index is 4.95. The van der Waals surface area contributed by atoms with E-state index in [9.17, 15) is 0 Å². The molecule has 12 aromatic heterocycles. The summed E-state index contributed by atoms with van der Waals surface area (Å²) >= 11 is -1.22. The molecule has 0 spiro atoms. The van der Waals surface area contributed by atoms with Crippen LogP contribution in [0, 0.1) is 37.0 Å². The molecule has 0 amide bonds. The van der Waals surface area contributed by atoms with Crippen molar-refractivity contribution in [2.45, 2.75) is 129 Å². The number of benzene rings is 4. The molecule has 4 aromatic carbocycles. The molecule has 0 N–H and O–H groups in total. The van der Waals surface area contributed by atoms with E-state index in [0.717, 1.165) is 39.9 Å². The number of hydrogen-bond donors (Lipinski definition) is 0. The van der Waals surface area contributed by atoms with E-state index in [0.29, 0.717) is 16.7 Å². The van der Waals surface area contributed by atoms with Gasteiger partial charge >= 0.3 is 364 Å². The zero-order valence-electron chi connectivity index (χ0n) is 73.0. The van der Waals surface area contributed by atoms with Crippen molar-refractivity contribution < 1.29 is 53.8 Å². The topological polar surface area (TPSA) is 199 Å². The molecule has 0 fully saturated rings. The van der Waals surface area contributed by atoms with Crippen molar-refractivity contribution in [1.29, 1.82) is 0 Å². The van der Waals surface area contributed by atoms with Crippen LogP contribution >= 0.6 is 0 Å². The molecule has 121 heavy (non-hydrogen) atoms. The van der Waals surface area contributed by atoms with Crippen LogP contribution in [0.1, 0.15) is 131 Å². The van der Waals surface area contributed by atoms with Crippen molar-refractivity contribution in [2.75, 3.05) is 0 Å². The van der Waals surface area contributed by atoms with E-state index in [1.807, 2.05) is 182 Å². The van der Waals surface area contributed by atoms with Crippen LogP contribution in [0.15, 0.2) is 389 Å². The van der Waals surface area contributed by atoms with E-state index in [4.69, 9.17) is 10.5 Å². The first kappa shape index (κ1) is 100. The summed E-state index contributed by atoms with van der Waals surface area (Å²) in [4.78, 5) is 47.5. The quantitative estimate of drug-likeness (QED) is 0.131. The van der Waals surface area contributed by atoms with Gasteiger partial charge < -0.3 is 29.9 Å². The van der Waals surface area contributed by atoms with Crippen LogP contribution in [0.3, 0.4) is 0 Å². The third-order valence-corrected chi connectivity index (χ3v) is 23.5. The van der Waals surface area contributed by atoms with Crippen molar-refractivity contribution in [1.82, 2.24) is 59.8 Å². The predicted molar refractivity (Wildman–Crippen MR) is 496 cm³/mol. The molecule has 0 unspecified atom stereocenters. The largest absolute Gasteiger partial charge is 0.670 e. The maximum Gasteiger partial charge on any atom is 0.0886 e. The molecule has 0 saturated heterocycles. The second-order valence-electron chi connectivity index (χ2n) is 31.1. The SMILES string of the molecule is CC(C)(C)[CH]=[Mo+2]=[N]c1ccccc1C(C)(C)C.CC(C)c1ccccc1[N]=[Mo+2]=[CH]C(C)(C)C.Cc1cc(C)c(-c2ccccc2[N]=[Mo+2]=[CH]C(C)(C)C)c(C)c1.c1cc[n-]c1.c1cc[n-]c1.c1cc[n-]c1.c1cc[n-]c1.c1cc[n-]c1.c1cc[n-]c1.c1ccc(-c2ccccn2)nc1.c1ccc(-c2ccccn2)nc1.c1ccc(-c2ccccn2)nc1. The van der Waals surface area contributed by atoms with Crippen molar-refractivity contribution in [2.24, 2.45) is 26.7 Å². The fraction of sp³-hybridized carbons (Fsp3) is 0.214. The summed E-state index contributed by atoms with van der Waals surface area (Å²) < 4.78 is 21.7. The third kappa shape index (κ3) is 46.6. The molecule has 0 atom stereocenters. The van der Waals surface area contributed by atoms with Gasteiger partial charge in [-0.25, -0.2) is 0 Å². The molecule has 15 nitrogen and oxygen atoms in total. The molecule has 0 saturated carbocycles. The van der Waals surface area contributed by atoms with E-state index in [2.05, 4.69) is 276 Å². The minimum absolute atomic E-state index is 0.175. The molecule has 16 aromatic rings. The van der Waals surface area contributed by atoms with Gasteiger partial charge in [-0.1, -0.05) is 109 Å². The summed E-state index contributed by atoms with van der Waals surface area (Å²) in [6.45, 7) is 37.9. The normalized spacial score (nSPS) is 10.0. The first-order valence-electron chi connectivity index (χ1n) is 39.8. The molecule has 18 heteroatoms. The van der Waals surface area contributed by atoms with Crippen molar-refractivity contribution in [3.63, 3.8) is 0 Å². The summed E-state index contributed by atoms with van der Waals surface area (Å²) in [6, 6.07) is 87.5. The number of aromatic nitrogens is 12. The summed E-state index contributed by atoms with van der Waals surface area (Å²) in [5, 5.41) is 0. The van der Waals surface area contributed by atoms with Gasteiger partial charge in [-0.05, 0) is 72.8 Å². The Morgan fingerprint density at radius 3 is 0.769 bits per heavy atom. The number of pyridine rings is 6. The number of rotatable bonds is 8. The van der Waals surface area contributed by atoms with Gasteiger partial charge in [0.05, 0.1) is 34.2 Å². The summed E-state index contributed by atoms with van der Waals surface area (Å²) in [6.07, 6.45) is 31.6. The molecule has 0 aliphatic rings. The first-order valence-corrected chi connectivity index (χ1v) is 46.0. The summed E-state index contributed by atoms with van der Waals surface area (Å²) in [5.41, 5.74) is 19.4. The van der Waals surface area contributed by atoms with Gasteiger partial charge in [-0.2, -0.15) is 74.4 Å². The first-order chi connectivity index (χ1) is 58.3. The monoisotopic (exact) mass is 1860 g/mol. The maximum absolute atomic E-state index is 4.95. The van der Waals surface area contributed by atoms with Gasteiger partial charge in [0.2, 0.25) is 0 Å². The Balaban J connectivity index is 0.000000243. The molecule has 12 heterocycles. The van der Waals surface area contributed by atoms with Crippen LogP contribution in [-0.4, -0.2) is 43.1 Å². The molecular formula is C103H117Mo3N15. The van der Waals surface area contributed by atoms with Gasteiger partial charge in [0.1, 0.15) is 0 Å². The van der Waals surface area contributed by atoms with Crippen LogP contribution < -0.4 is 29.9 Å². The Bertz CT molecular complexity index is 4750. The Kier molecular flexibility index (Phi) is 48.4. The Labute approximate surface area is 745 Å². The molecule has 0 aliphatic heterocycles. The fourth-order valence-electron chi connectivity index (χ4n) is 9.92. The zero-order chi connectivity index (χ0) is 87.5. The average molecular weight is 1850 g/mol. The second-order valence-corrected chi connectivity index (χ2v) is 35.7. The Morgan fingerprint density at radius 1 is 0.281 bits per heavy atom. The summed E-state index contributed by atoms with van der Waals surface area (Å²) in [5.74, 6) is 0.557. The van der Waals surface area contributed by atoms with Gasteiger partial charge in [0.25, 0.3) is 0 Å². The molecule has 0 radical (unpaired) electrons. The van der Waals surface area contributed by atoms with Crippen LogP contribution in [0.25, 0.3) is 45.3 Å². The fourth-order valence-corrected chi connectivity index (χ4v) is 14.7. The number of aryl methyl sites for hydroxylation is 3. The van der Waals surface area contributed by atoms with E-state index >= 15 is 0 Å². The van der Waals surface area contributed by atoms with Gasteiger partial charge in [0.15, 0.2) is 0 Å². The van der Waals surface area contributed by atoms with Crippen molar-refractivity contribution in [3.8, 4) is 45.3 Å². The Hall–Kier alpha value is -11.5. The zero-order valence-corrected chi connectivity index (χ0v) is 79.1. The van der Waals surface area contributed by atoms with Crippen molar-refractivity contribution >= 4 is 30.3 Å². The predicted octanol–water partition coefficient (Wildman–Crippen LogP) is 25.6. The molecule has 622 valence electrons. The summed E-state index contributed by atoms with van der Waals surface area (Å²) in [7, 11) is 0. The van der Waals surface area contributed by atoms with Crippen molar-refractivity contribution in [3.05, 3.63) is 406 Å². The standard InChI is InChI=1S/C15H15N.3C10H8N2.C10H13N.C9H11N.3C5H10.6C4H4N.3Mo/c1-10-8-11(2)15(12(3)9-10)13-6-4-5-7-14(13)16;3*1-3-7-11-9(5-1)10-6-2-4-8-12-10;1-10(2,3)8-6-4-5-7-9(8)11;1-7(2)8-5-3-4-6-9(8)10;3*1-5(2,3)4;6*1-2-4-5-3-1;;;/h4-9H,1-3H3;3*1-8H;4-7H,1-3H3;3-7H,1-2H3;3*1H,2-4H3;6*1-4H;;;/q;;;;;;;;;6*-1;3*+2. The van der Waals surface area contributed by atoms with E-state index in [-0.39, 0.29) is 46.7 Å². The van der Waals surface area contributed by atoms with Crippen LogP contribution in [0.2, 0.25) is 0 Å². The molecular weight excluding hydrogens is 1740 g/mol.